The van der Waals surface area contributed by atoms with E-state index >= 15 is 0 Å². The summed E-state index contributed by atoms with van der Waals surface area (Å²) in [6, 6.07) is 0. The number of rotatable bonds is 3. The highest BCUT2D eigenvalue weighted by molar-refractivity contribution is 7.84. The molecule has 2 rings (SSSR count). The minimum absolute atomic E-state index is 0.392. The number of hydrogen-bond acceptors (Lipinski definition) is 4. The van der Waals surface area contributed by atoms with E-state index in [0.717, 1.165) is 25.9 Å². The molecule has 16 heavy (non-hydrogen) atoms. The first-order valence-corrected chi connectivity index (χ1v) is 7.02. The van der Waals surface area contributed by atoms with E-state index in [1.807, 2.05) is 0 Å². The molecular weight excluding hydrogens is 246 g/mol. The zero-order chi connectivity index (χ0) is 11.4. The molecule has 0 radical (unpaired) electrons. The molecule has 0 saturated carbocycles. The Hall–Kier alpha value is -0.520. The van der Waals surface area contributed by atoms with Gasteiger partial charge in [0.25, 0.3) is 0 Å². The maximum absolute atomic E-state index is 11.9. The van der Waals surface area contributed by atoms with E-state index < -0.39 is 10.8 Å². The van der Waals surface area contributed by atoms with Crippen molar-refractivity contribution in [2.24, 2.45) is 5.92 Å². The molecule has 1 aliphatic rings. The van der Waals surface area contributed by atoms with Gasteiger partial charge in [0.2, 0.25) is 5.16 Å². The summed E-state index contributed by atoms with van der Waals surface area (Å²) in [5.41, 5.74) is 0. The molecule has 1 aromatic rings. The van der Waals surface area contributed by atoms with Crippen LogP contribution in [0, 0.1) is 5.92 Å². The molecule has 0 amide bonds. The third-order valence-corrected chi connectivity index (χ3v) is 4.23. The topological polar surface area (TPSA) is 54.9 Å². The predicted molar refractivity (Wildman–Crippen MR) is 63.9 cm³/mol. The van der Waals surface area contributed by atoms with Crippen LogP contribution in [0.1, 0.15) is 12.8 Å². The van der Waals surface area contributed by atoms with Crippen molar-refractivity contribution in [1.29, 1.82) is 0 Å². The van der Waals surface area contributed by atoms with Crippen LogP contribution in [0.5, 0.6) is 0 Å². The fourth-order valence-electron chi connectivity index (χ4n) is 1.75. The van der Waals surface area contributed by atoms with Crippen LogP contribution in [-0.2, 0) is 10.8 Å². The van der Waals surface area contributed by atoms with Gasteiger partial charge in [-0.1, -0.05) is 11.6 Å². The Balaban J connectivity index is 1.94. The van der Waals surface area contributed by atoms with Crippen LogP contribution in [0.3, 0.4) is 0 Å². The Labute approximate surface area is 102 Å². The van der Waals surface area contributed by atoms with Gasteiger partial charge >= 0.3 is 0 Å². The molecule has 1 atom stereocenters. The zero-order valence-corrected chi connectivity index (χ0v) is 10.4. The van der Waals surface area contributed by atoms with Crippen molar-refractivity contribution in [3.05, 3.63) is 17.4 Å². The highest BCUT2D eigenvalue weighted by atomic mass is 35.5. The summed E-state index contributed by atoms with van der Waals surface area (Å²) in [5, 5.41) is 4.15. The van der Waals surface area contributed by atoms with Crippen LogP contribution in [0.25, 0.3) is 0 Å². The van der Waals surface area contributed by atoms with Crippen molar-refractivity contribution in [3.8, 4) is 0 Å². The van der Waals surface area contributed by atoms with Gasteiger partial charge < -0.3 is 5.32 Å². The number of aromatic nitrogens is 2. The quantitative estimate of drug-likeness (QED) is 0.830. The lowest BCUT2D eigenvalue weighted by atomic mass is 10.0. The molecule has 0 spiro atoms. The highest BCUT2D eigenvalue weighted by Gasteiger charge is 2.18. The van der Waals surface area contributed by atoms with Gasteiger partial charge in [-0.25, -0.2) is 9.97 Å². The van der Waals surface area contributed by atoms with E-state index in [-0.39, 0.29) is 0 Å². The van der Waals surface area contributed by atoms with E-state index in [1.54, 1.807) is 0 Å². The SMILES string of the molecule is O=S(CC1CCNCC1)c1ncc(Cl)cn1. The van der Waals surface area contributed by atoms with Crippen LogP contribution in [0.2, 0.25) is 5.02 Å². The molecule has 4 nitrogen and oxygen atoms in total. The molecule has 1 aromatic heterocycles. The van der Waals surface area contributed by atoms with Gasteiger partial charge in [-0.15, -0.1) is 0 Å². The summed E-state index contributed by atoms with van der Waals surface area (Å²) in [4.78, 5) is 7.97. The molecule has 88 valence electrons. The average Bonchev–Trinajstić information content (AvgIpc) is 2.31. The lowest BCUT2D eigenvalue weighted by Crippen LogP contribution is -2.30. The van der Waals surface area contributed by atoms with Crippen molar-refractivity contribution < 1.29 is 4.21 Å². The van der Waals surface area contributed by atoms with Crippen molar-refractivity contribution in [2.45, 2.75) is 18.0 Å². The molecule has 0 bridgehead atoms. The maximum atomic E-state index is 11.9. The molecule has 1 N–H and O–H groups in total. The fraction of sp³-hybridized carbons (Fsp3) is 0.600. The van der Waals surface area contributed by atoms with Crippen LogP contribution >= 0.6 is 11.6 Å². The van der Waals surface area contributed by atoms with Crippen LogP contribution in [0.4, 0.5) is 0 Å². The van der Waals surface area contributed by atoms with Crippen LogP contribution in [-0.4, -0.2) is 33.0 Å². The van der Waals surface area contributed by atoms with E-state index in [0.29, 0.717) is 21.8 Å². The van der Waals surface area contributed by atoms with Crippen molar-refractivity contribution >= 4 is 22.4 Å². The van der Waals surface area contributed by atoms with Gasteiger partial charge in [-0.3, -0.25) is 4.21 Å². The van der Waals surface area contributed by atoms with Gasteiger partial charge in [0.1, 0.15) is 0 Å². The van der Waals surface area contributed by atoms with Gasteiger partial charge in [-0.2, -0.15) is 0 Å². The largest absolute Gasteiger partial charge is 0.317 e. The Morgan fingerprint density at radius 2 is 2.00 bits per heavy atom. The van der Waals surface area contributed by atoms with Crippen molar-refractivity contribution in [1.82, 2.24) is 15.3 Å². The molecule has 1 fully saturated rings. The lowest BCUT2D eigenvalue weighted by molar-refractivity contribution is 0.405. The molecule has 6 heteroatoms. The Kier molecular flexibility index (Phi) is 4.26. The van der Waals surface area contributed by atoms with E-state index in [2.05, 4.69) is 15.3 Å². The number of nitrogens with zero attached hydrogens (tertiary/aromatic N) is 2. The Bertz CT molecular complexity index is 365. The molecule has 0 aliphatic carbocycles. The van der Waals surface area contributed by atoms with Crippen LogP contribution < -0.4 is 5.32 Å². The zero-order valence-electron chi connectivity index (χ0n) is 8.86. The van der Waals surface area contributed by atoms with E-state index in [9.17, 15) is 4.21 Å². The average molecular weight is 260 g/mol. The third kappa shape index (κ3) is 3.23. The smallest absolute Gasteiger partial charge is 0.218 e. The maximum Gasteiger partial charge on any atom is 0.218 e. The molecule has 1 saturated heterocycles. The van der Waals surface area contributed by atoms with Crippen molar-refractivity contribution in [2.75, 3.05) is 18.8 Å². The second-order valence-corrected chi connectivity index (χ2v) is 5.72. The fourth-order valence-corrected chi connectivity index (χ4v) is 3.10. The molecule has 1 unspecified atom stereocenters. The summed E-state index contributed by atoms with van der Waals surface area (Å²) in [6.45, 7) is 2.03. The first kappa shape index (κ1) is 12.0. The highest BCUT2D eigenvalue weighted by Crippen LogP contribution is 2.15. The number of hydrogen-bond donors (Lipinski definition) is 1. The Morgan fingerprint density at radius 1 is 1.38 bits per heavy atom. The molecule has 0 aromatic carbocycles. The normalized spacial score (nSPS) is 19.6. The minimum Gasteiger partial charge on any atom is -0.317 e. The third-order valence-electron chi connectivity index (χ3n) is 2.65. The first-order valence-electron chi connectivity index (χ1n) is 5.32. The van der Waals surface area contributed by atoms with Gasteiger partial charge in [-0.05, 0) is 31.8 Å². The van der Waals surface area contributed by atoms with Gasteiger partial charge in [0.05, 0.1) is 28.2 Å². The lowest BCUT2D eigenvalue weighted by Gasteiger charge is -2.21. The monoisotopic (exact) mass is 259 g/mol. The first-order chi connectivity index (χ1) is 7.75. The Morgan fingerprint density at radius 3 is 2.62 bits per heavy atom. The summed E-state index contributed by atoms with van der Waals surface area (Å²) < 4.78 is 11.9. The van der Waals surface area contributed by atoms with E-state index in [1.165, 1.54) is 12.4 Å². The predicted octanol–water partition coefficient (Wildman–Crippen LogP) is 1.24. The van der Waals surface area contributed by atoms with E-state index in [4.69, 9.17) is 11.6 Å². The summed E-state index contributed by atoms with van der Waals surface area (Å²) in [5.74, 6) is 1.17. The second kappa shape index (κ2) is 5.70. The van der Waals surface area contributed by atoms with Crippen LogP contribution in [0.15, 0.2) is 17.6 Å². The summed E-state index contributed by atoms with van der Waals surface area (Å²) in [7, 11) is -1.10. The number of nitrogens with one attached hydrogen (secondary N) is 1. The van der Waals surface area contributed by atoms with Crippen molar-refractivity contribution in [3.63, 3.8) is 0 Å². The standard InChI is InChI=1S/C10H14ClN3OS/c11-9-5-13-10(14-6-9)16(15)7-8-1-3-12-4-2-8/h5-6,8,12H,1-4,7H2. The minimum atomic E-state index is -1.10. The van der Waals surface area contributed by atoms with Gasteiger partial charge in [0.15, 0.2) is 0 Å². The summed E-state index contributed by atoms with van der Waals surface area (Å²) >= 11 is 5.68. The molecular formula is C10H14ClN3OS. The number of halogens is 1. The van der Waals surface area contributed by atoms with Gasteiger partial charge in [0, 0.05) is 5.75 Å². The second-order valence-electron chi connectivity index (χ2n) is 3.89. The summed E-state index contributed by atoms with van der Waals surface area (Å²) in [6.07, 6.45) is 5.15. The number of piperidine rings is 1. The molecule has 2 heterocycles. The molecule has 1 aliphatic heterocycles.